The van der Waals surface area contributed by atoms with Crippen molar-refractivity contribution in [2.24, 2.45) is 5.92 Å². The van der Waals surface area contributed by atoms with Gasteiger partial charge < -0.3 is 9.73 Å². The number of nitrogens with zero attached hydrogens (tertiary/aromatic N) is 2. The van der Waals surface area contributed by atoms with Crippen molar-refractivity contribution in [3.8, 4) is 11.1 Å². The van der Waals surface area contributed by atoms with Crippen LogP contribution in [0.3, 0.4) is 0 Å². The first-order valence-electron chi connectivity index (χ1n) is 10.1. The minimum atomic E-state index is 0.650. The molecule has 0 bridgehead atoms. The number of benzene rings is 3. The van der Waals surface area contributed by atoms with E-state index < -0.39 is 0 Å². The Morgan fingerprint density at radius 1 is 0.897 bits per heavy atom. The van der Waals surface area contributed by atoms with E-state index in [0.717, 1.165) is 62.8 Å². The maximum absolute atomic E-state index is 6.22. The highest BCUT2D eigenvalue weighted by Crippen LogP contribution is 2.36. The molecular weight excluding hydrogens is 358 g/mol. The van der Waals surface area contributed by atoms with E-state index >= 15 is 0 Å². The molecule has 0 saturated carbocycles. The molecule has 144 valence electrons. The first-order valence-corrected chi connectivity index (χ1v) is 10.1. The van der Waals surface area contributed by atoms with Crippen LogP contribution in [0.25, 0.3) is 44.0 Å². The van der Waals surface area contributed by atoms with Gasteiger partial charge in [0.25, 0.3) is 0 Å². The van der Waals surface area contributed by atoms with E-state index in [1.807, 2.05) is 18.2 Å². The van der Waals surface area contributed by atoms with Gasteiger partial charge in [0.15, 0.2) is 0 Å². The Morgan fingerprint density at radius 3 is 2.66 bits per heavy atom. The third-order valence-electron chi connectivity index (χ3n) is 5.36. The summed E-state index contributed by atoms with van der Waals surface area (Å²) < 4.78 is 6.22. The third kappa shape index (κ3) is 3.21. The molecular formula is C25H23N3O. The topological polar surface area (TPSA) is 51.0 Å². The Morgan fingerprint density at radius 2 is 1.76 bits per heavy atom. The summed E-state index contributed by atoms with van der Waals surface area (Å²) in [5, 5.41) is 6.79. The van der Waals surface area contributed by atoms with E-state index in [-0.39, 0.29) is 0 Å². The molecule has 29 heavy (non-hydrogen) atoms. The van der Waals surface area contributed by atoms with Gasteiger partial charge in [-0.3, -0.25) is 0 Å². The standard InChI is InChI=1S/C25H23N3O/c1-16(2)12-13-26-25-21-14-17(10-11-22(21)27-15-28-25)18-7-5-8-20-19-6-3-4-9-23(19)29-24(18)20/h3-11,14-16H,12-13H2,1-2H3,(H,26,27,28). The quantitative estimate of drug-likeness (QED) is 0.370. The Balaban J connectivity index is 1.64. The molecule has 0 unspecified atom stereocenters. The molecule has 1 N–H and O–H groups in total. The van der Waals surface area contributed by atoms with Gasteiger partial charge in [0, 0.05) is 28.3 Å². The van der Waals surface area contributed by atoms with Crippen molar-refractivity contribution in [3.63, 3.8) is 0 Å². The largest absolute Gasteiger partial charge is 0.455 e. The fourth-order valence-electron chi connectivity index (χ4n) is 3.82. The van der Waals surface area contributed by atoms with E-state index in [1.165, 1.54) is 0 Å². The van der Waals surface area contributed by atoms with Crippen LogP contribution in [0.5, 0.6) is 0 Å². The second kappa shape index (κ2) is 7.21. The molecule has 0 amide bonds. The van der Waals surface area contributed by atoms with Crippen molar-refractivity contribution in [3.05, 3.63) is 67.0 Å². The van der Waals surface area contributed by atoms with Crippen LogP contribution in [0.2, 0.25) is 0 Å². The van der Waals surface area contributed by atoms with Crippen molar-refractivity contribution in [2.45, 2.75) is 20.3 Å². The first-order chi connectivity index (χ1) is 14.2. The molecule has 2 aromatic heterocycles. The molecule has 0 saturated heterocycles. The molecule has 0 radical (unpaired) electrons. The van der Waals surface area contributed by atoms with E-state index in [1.54, 1.807) is 6.33 Å². The Hall–Kier alpha value is -3.40. The number of hydrogen-bond donors (Lipinski definition) is 1. The minimum Gasteiger partial charge on any atom is -0.455 e. The first kappa shape index (κ1) is 17.7. The Bertz CT molecular complexity index is 1320. The number of nitrogens with one attached hydrogen (secondary N) is 1. The summed E-state index contributed by atoms with van der Waals surface area (Å²) in [7, 11) is 0. The van der Waals surface area contributed by atoms with Gasteiger partial charge >= 0.3 is 0 Å². The molecule has 0 atom stereocenters. The van der Waals surface area contributed by atoms with Crippen molar-refractivity contribution in [2.75, 3.05) is 11.9 Å². The summed E-state index contributed by atoms with van der Waals surface area (Å²) in [5.41, 5.74) is 4.95. The van der Waals surface area contributed by atoms with E-state index in [4.69, 9.17) is 4.42 Å². The predicted molar refractivity (Wildman–Crippen MR) is 120 cm³/mol. The number of rotatable bonds is 5. The summed E-state index contributed by atoms with van der Waals surface area (Å²) >= 11 is 0. The molecule has 5 aromatic rings. The van der Waals surface area contributed by atoms with Crippen molar-refractivity contribution in [1.29, 1.82) is 0 Å². The number of aromatic nitrogens is 2. The molecule has 4 nitrogen and oxygen atoms in total. The van der Waals surface area contributed by atoms with Gasteiger partial charge in [0.2, 0.25) is 0 Å². The lowest BCUT2D eigenvalue weighted by Gasteiger charge is -2.11. The molecule has 0 fully saturated rings. The molecule has 2 heterocycles. The molecule has 0 spiro atoms. The monoisotopic (exact) mass is 381 g/mol. The van der Waals surface area contributed by atoms with Crippen LogP contribution in [0.4, 0.5) is 5.82 Å². The maximum Gasteiger partial charge on any atom is 0.143 e. The predicted octanol–water partition coefficient (Wildman–Crippen LogP) is 6.65. The lowest BCUT2D eigenvalue weighted by atomic mass is 10.0. The summed E-state index contributed by atoms with van der Waals surface area (Å²) in [6.07, 6.45) is 2.73. The van der Waals surface area contributed by atoms with Gasteiger partial charge in [-0.05, 0) is 36.1 Å². The van der Waals surface area contributed by atoms with Crippen LogP contribution >= 0.6 is 0 Å². The van der Waals surface area contributed by atoms with Crippen LogP contribution in [-0.4, -0.2) is 16.5 Å². The zero-order valence-corrected chi connectivity index (χ0v) is 16.6. The lowest BCUT2D eigenvalue weighted by Crippen LogP contribution is -2.06. The summed E-state index contributed by atoms with van der Waals surface area (Å²) in [6, 6.07) is 20.8. The molecule has 0 aliphatic carbocycles. The smallest absolute Gasteiger partial charge is 0.143 e. The lowest BCUT2D eigenvalue weighted by molar-refractivity contribution is 0.607. The highest BCUT2D eigenvalue weighted by molar-refractivity contribution is 6.10. The summed E-state index contributed by atoms with van der Waals surface area (Å²) in [6.45, 7) is 5.35. The fourth-order valence-corrected chi connectivity index (χ4v) is 3.82. The van der Waals surface area contributed by atoms with Gasteiger partial charge in [0.05, 0.1) is 5.52 Å². The minimum absolute atomic E-state index is 0.650. The van der Waals surface area contributed by atoms with Crippen LogP contribution in [0.1, 0.15) is 20.3 Å². The van der Waals surface area contributed by atoms with Crippen molar-refractivity contribution < 1.29 is 4.42 Å². The zero-order chi connectivity index (χ0) is 19.8. The normalized spacial score (nSPS) is 11.7. The van der Waals surface area contributed by atoms with Gasteiger partial charge in [-0.2, -0.15) is 0 Å². The second-order valence-corrected chi connectivity index (χ2v) is 7.84. The SMILES string of the molecule is CC(C)CCNc1ncnc2ccc(-c3cccc4c3oc3ccccc34)cc12. The Labute approximate surface area is 169 Å². The number of para-hydroxylation sites is 2. The van der Waals surface area contributed by atoms with E-state index in [0.29, 0.717) is 5.92 Å². The van der Waals surface area contributed by atoms with E-state index in [2.05, 4.69) is 71.6 Å². The highest BCUT2D eigenvalue weighted by atomic mass is 16.3. The zero-order valence-electron chi connectivity index (χ0n) is 16.6. The van der Waals surface area contributed by atoms with Crippen LogP contribution in [0, 0.1) is 5.92 Å². The molecule has 0 aliphatic heterocycles. The summed E-state index contributed by atoms with van der Waals surface area (Å²) in [5.74, 6) is 1.53. The van der Waals surface area contributed by atoms with Crippen LogP contribution < -0.4 is 5.32 Å². The van der Waals surface area contributed by atoms with Crippen molar-refractivity contribution in [1.82, 2.24) is 9.97 Å². The van der Waals surface area contributed by atoms with Crippen LogP contribution in [0.15, 0.2) is 71.4 Å². The second-order valence-electron chi connectivity index (χ2n) is 7.84. The molecule has 4 heteroatoms. The Kier molecular flexibility index (Phi) is 4.39. The van der Waals surface area contributed by atoms with Crippen LogP contribution in [-0.2, 0) is 0 Å². The average molecular weight is 381 g/mol. The van der Waals surface area contributed by atoms with Gasteiger partial charge in [-0.15, -0.1) is 0 Å². The maximum atomic E-state index is 6.22. The van der Waals surface area contributed by atoms with Gasteiger partial charge in [-0.25, -0.2) is 9.97 Å². The van der Waals surface area contributed by atoms with E-state index in [9.17, 15) is 0 Å². The fraction of sp³-hybridized carbons (Fsp3) is 0.200. The van der Waals surface area contributed by atoms with Crippen molar-refractivity contribution >= 4 is 38.7 Å². The number of hydrogen-bond acceptors (Lipinski definition) is 4. The summed E-state index contributed by atoms with van der Waals surface area (Å²) in [4.78, 5) is 8.93. The van der Waals surface area contributed by atoms with Gasteiger partial charge in [0.1, 0.15) is 23.3 Å². The molecule has 3 aromatic carbocycles. The molecule has 5 rings (SSSR count). The van der Waals surface area contributed by atoms with Gasteiger partial charge in [-0.1, -0.05) is 56.3 Å². The average Bonchev–Trinajstić information content (AvgIpc) is 3.12. The highest BCUT2D eigenvalue weighted by Gasteiger charge is 2.13. The number of furan rings is 1. The number of fused-ring (bicyclic) bond motifs is 4. The third-order valence-corrected chi connectivity index (χ3v) is 5.36. The molecule has 0 aliphatic rings. The number of anilines is 1.